The van der Waals surface area contributed by atoms with Crippen LogP contribution in [0.3, 0.4) is 0 Å². The molecule has 0 amide bonds. The van der Waals surface area contributed by atoms with E-state index >= 15 is 0 Å². The molecule has 1 atom stereocenters. The third-order valence-electron chi connectivity index (χ3n) is 4.71. The van der Waals surface area contributed by atoms with Crippen molar-refractivity contribution in [1.29, 1.82) is 0 Å². The van der Waals surface area contributed by atoms with E-state index in [4.69, 9.17) is 0 Å². The van der Waals surface area contributed by atoms with Gasteiger partial charge in [0.2, 0.25) is 0 Å². The summed E-state index contributed by atoms with van der Waals surface area (Å²) in [5.41, 5.74) is 0. The smallest absolute Gasteiger partial charge is 0.00775 e. The molecule has 0 saturated heterocycles. The molecular weight excluding hydrogens is 340 g/mol. The summed E-state index contributed by atoms with van der Waals surface area (Å²) in [4.78, 5) is 0. The summed E-state index contributed by atoms with van der Waals surface area (Å²) in [6.45, 7) is 12.4. The average molecular weight is 386 g/mol. The maximum Gasteiger partial charge on any atom is -0.00775 e. The molecule has 1 rings (SSSR count). The molecule has 0 aliphatic carbocycles. The predicted molar refractivity (Wildman–Crippen MR) is 126 cm³/mol. The molecule has 1 aromatic carbocycles. The van der Waals surface area contributed by atoms with Gasteiger partial charge in [0.05, 0.1) is 0 Å². The van der Waals surface area contributed by atoms with Crippen LogP contribution in [0.4, 0.5) is 0 Å². The van der Waals surface area contributed by atoms with Crippen LogP contribution in [0.15, 0.2) is 30.3 Å². The quantitative estimate of drug-likeness (QED) is 0.374. The second-order valence-corrected chi connectivity index (χ2v) is 15.9. The third-order valence-corrected chi connectivity index (χ3v) is 14.5. The van der Waals surface area contributed by atoms with Crippen molar-refractivity contribution in [2.45, 2.75) is 73.1 Å². The normalized spacial score (nSPS) is 12.2. The van der Waals surface area contributed by atoms with E-state index in [1.165, 1.54) is 38.5 Å². The van der Waals surface area contributed by atoms with E-state index in [1.54, 1.807) is 23.8 Å². The van der Waals surface area contributed by atoms with E-state index in [0.29, 0.717) is 0 Å². The van der Waals surface area contributed by atoms with Gasteiger partial charge in [-0.15, -0.1) is 0 Å². The van der Waals surface area contributed by atoms with Crippen LogP contribution in [0.2, 0.25) is 0 Å². The van der Waals surface area contributed by atoms with Crippen molar-refractivity contribution in [3.8, 4) is 0 Å². The van der Waals surface area contributed by atoms with Gasteiger partial charge in [-0.1, -0.05) is 13.8 Å². The van der Waals surface area contributed by atoms with Crippen molar-refractivity contribution in [2.24, 2.45) is 0 Å². The molecule has 0 aliphatic rings. The number of hydrogen-bond donors (Lipinski definition) is 1. The van der Waals surface area contributed by atoms with Gasteiger partial charge < -0.3 is 5.32 Å². The fourth-order valence-electron chi connectivity index (χ4n) is 3.19. The van der Waals surface area contributed by atoms with Crippen molar-refractivity contribution in [1.82, 2.24) is 5.32 Å². The topological polar surface area (TPSA) is 12.0 Å². The Balaban J connectivity index is 0.00000101. The summed E-state index contributed by atoms with van der Waals surface area (Å²) >= 11 is 0. The Hall–Kier alpha value is 0.0400. The van der Waals surface area contributed by atoms with Gasteiger partial charge in [0, 0.05) is 0 Å². The molecule has 1 N–H and O–H groups in total. The number of nitrogens with one attached hydrogen (secondary N) is 1. The van der Waals surface area contributed by atoms with Crippen LogP contribution >= 0.6 is 15.2 Å². The Morgan fingerprint density at radius 1 is 0.720 bits per heavy atom. The van der Waals surface area contributed by atoms with Crippen LogP contribution in [0, 0.1) is 0 Å². The van der Waals surface area contributed by atoms with Gasteiger partial charge in [-0.25, -0.2) is 0 Å². The summed E-state index contributed by atoms with van der Waals surface area (Å²) in [5.74, 6) is 0. The van der Waals surface area contributed by atoms with E-state index in [0.717, 1.165) is 21.4 Å². The van der Waals surface area contributed by atoms with Crippen LogP contribution < -0.4 is 10.6 Å². The summed E-state index contributed by atoms with van der Waals surface area (Å²) in [6, 6.07) is 11.3. The molecule has 3 heteroatoms. The molecule has 0 aromatic heterocycles. The number of rotatable bonds is 13. The van der Waals surface area contributed by atoms with Gasteiger partial charge in [-0.2, -0.15) is 0 Å². The molecule has 0 spiro atoms. The zero-order chi connectivity index (χ0) is 18.8. The first-order valence-corrected chi connectivity index (χ1v) is 15.3. The molecule has 1 unspecified atom stereocenters. The van der Waals surface area contributed by atoms with Crippen molar-refractivity contribution >= 4 is 20.5 Å². The Labute approximate surface area is 161 Å². The van der Waals surface area contributed by atoms with Crippen molar-refractivity contribution < 1.29 is 0 Å². The Morgan fingerprint density at radius 2 is 1.16 bits per heavy atom. The zero-order valence-electron chi connectivity index (χ0n) is 17.7. The summed E-state index contributed by atoms with van der Waals surface area (Å²) in [5, 5.41) is 4.74. The molecular formula is C22H45NP2. The van der Waals surface area contributed by atoms with Crippen molar-refractivity contribution in [3.05, 3.63) is 30.3 Å². The fraction of sp³-hybridized carbons (Fsp3) is 0.727. The van der Waals surface area contributed by atoms with E-state index < -0.39 is 6.95 Å². The van der Waals surface area contributed by atoms with E-state index in [9.17, 15) is 0 Å². The van der Waals surface area contributed by atoms with Crippen LogP contribution in [-0.2, 0) is 0 Å². The van der Waals surface area contributed by atoms with Crippen molar-refractivity contribution in [3.63, 3.8) is 0 Å². The van der Waals surface area contributed by atoms with Gasteiger partial charge in [-0.3, -0.25) is 0 Å². The van der Waals surface area contributed by atoms with Crippen LogP contribution in [0.1, 0.15) is 73.1 Å². The van der Waals surface area contributed by atoms with E-state index in [2.05, 4.69) is 70.3 Å². The van der Waals surface area contributed by atoms with Gasteiger partial charge in [0.1, 0.15) is 0 Å². The van der Waals surface area contributed by atoms with Gasteiger partial charge >= 0.3 is 129 Å². The zero-order valence-corrected chi connectivity index (χ0v) is 19.7. The molecule has 0 fully saturated rings. The average Bonchev–Trinajstić information content (AvgIpc) is 2.65. The molecule has 0 heterocycles. The molecule has 0 aliphatic heterocycles. The largest absolute Gasteiger partial charge is 0.317 e. The Bertz CT molecular complexity index is 357. The van der Waals surface area contributed by atoms with Crippen LogP contribution in [-0.4, -0.2) is 31.6 Å². The van der Waals surface area contributed by atoms with Gasteiger partial charge in [-0.05, 0) is 13.1 Å². The van der Waals surface area contributed by atoms with Gasteiger partial charge in [0.25, 0.3) is 0 Å². The first-order chi connectivity index (χ1) is 12.2. The molecule has 0 radical (unpaired) electrons. The molecule has 1 nitrogen and oxygen atoms in total. The van der Waals surface area contributed by atoms with Crippen molar-refractivity contribution in [2.75, 3.05) is 31.6 Å². The predicted octanol–water partition coefficient (Wildman–Crippen LogP) is 6.67. The summed E-state index contributed by atoms with van der Waals surface area (Å²) < 4.78 is 0. The van der Waals surface area contributed by atoms with E-state index in [-0.39, 0.29) is 0 Å². The van der Waals surface area contributed by atoms with Gasteiger partial charge in [0.15, 0.2) is 0 Å². The molecule has 0 bridgehead atoms. The molecule has 148 valence electrons. The standard InChI is InChI=1S/C18H34P2.C4H11N/c1-4-7-15-20(16-8-5-2,17-9-6-3)19-18-13-11-10-12-14-18;1-3-5-4-2/h10-14,19-20H,4-9,15-17H2,1-3H3;5H,3-4H2,1-2H3. The Kier molecular flexibility index (Phi) is 17.5. The SMILES string of the molecule is CCCC[PH](CCCC)(CCCC)Pc1ccccc1.CCNCC. The summed E-state index contributed by atoms with van der Waals surface area (Å²) in [6.07, 6.45) is 13.2. The Morgan fingerprint density at radius 3 is 1.48 bits per heavy atom. The summed E-state index contributed by atoms with van der Waals surface area (Å²) in [7, 11) is 1.13. The van der Waals surface area contributed by atoms with E-state index in [1.807, 2.05) is 0 Å². The number of unbranched alkanes of at least 4 members (excludes halogenated alkanes) is 3. The number of benzene rings is 1. The molecule has 1 aromatic rings. The first kappa shape index (κ1) is 25.0. The van der Waals surface area contributed by atoms with Crippen LogP contribution in [0.25, 0.3) is 0 Å². The second kappa shape index (κ2) is 17.5. The minimum absolute atomic E-state index is 1.07. The van der Waals surface area contributed by atoms with Crippen LogP contribution in [0.5, 0.6) is 0 Å². The minimum Gasteiger partial charge on any atom is -0.317 e. The second-order valence-electron chi connectivity index (χ2n) is 7.04. The fourth-order valence-corrected chi connectivity index (χ4v) is 13.4. The molecule has 0 saturated carbocycles. The maximum absolute atomic E-state index is 3.11. The first-order valence-electron chi connectivity index (χ1n) is 10.7. The monoisotopic (exact) mass is 385 g/mol. The third kappa shape index (κ3) is 12.9. The maximum atomic E-state index is 3.11. The minimum atomic E-state index is -1.07. The number of hydrogen-bond acceptors (Lipinski definition) is 1. The molecule has 25 heavy (non-hydrogen) atoms.